The molecule has 9 heteroatoms. The first-order valence-corrected chi connectivity index (χ1v) is 7.71. The molecule has 0 unspecified atom stereocenters. The molecule has 0 aliphatic carbocycles. The first-order valence-electron chi connectivity index (χ1n) is 6.89. The van der Waals surface area contributed by atoms with Crippen molar-refractivity contribution in [1.29, 1.82) is 5.26 Å². The lowest BCUT2D eigenvalue weighted by Crippen LogP contribution is -2.36. The summed E-state index contributed by atoms with van der Waals surface area (Å²) in [7, 11) is 0. The van der Waals surface area contributed by atoms with Gasteiger partial charge in [0.05, 0.1) is 19.5 Å². The summed E-state index contributed by atoms with van der Waals surface area (Å²) in [5.41, 5.74) is -0.0666. The number of carbonyl (C=O) groups is 1. The zero-order chi connectivity index (χ0) is 16.1. The third kappa shape index (κ3) is 3.74. The van der Waals surface area contributed by atoms with Crippen LogP contribution < -0.4 is 10.2 Å². The molecule has 3 rings (SSSR count). The van der Waals surface area contributed by atoms with Crippen LogP contribution in [0.2, 0.25) is 0 Å². The van der Waals surface area contributed by atoms with E-state index in [-0.39, 0.29) is 5.57 Å². The zero-order valence-corrected chi connectivity index (χ0v) is 12.9. The summed E-state index contributed by atoms with van der Waals surface area (Å²) < 4.78 is 10.4. The van der Waals surface area contributed by atoms with Gasteiger partial charge in [0.15, 0.2) is 0 Å². The summed E-state index contributed by atoms with van der Waals surface area (Å²) >= 11 is 1.26. The monoisotopic (exact) mass is 331 g/mol. The first-order chi connectivity index (χ1) is 11.3. The van der Waals surface area contributed by atoms with Crippen molar-refractivity contribution in [3.63, 3.8) is 0 Å². The SMILES string of the molecule is N#C/C(=C/c1ccco1)C(=O)Nc1nnc(N2CCOCC2)s1. The minimum Gasteiger partial charge on any atom is -0.465 e. The second-order valence-corrected chi connectivity index (χ2v) is 5.58. The van der Waals surface area contributed by atoms with Crippen LogP contribution in [0.15, 0.2) is 28.4 Å². The van der Waals surface area contributed by atoms with Crippen LogP contribution in [0.25, 0.3) is 6.08 Å². The largest absolute Gasteiger partial charge is 0.465 e. The molecule has 0 atom stereocenters. The maximum Gasteiger partial charge on any atom is 0.268 e. The molecule has 0 aromatic carbocycles. The van der Waals surface area contributed by atoms with Crippen molar-refractivity contribution in [3.8, 4) is 6.07 Å². The quantitative estimate of drug-likeness (QED) is 0.669. The van der Waals surface area contributed by atoms with E-state index in [0.717, 1.165) is 18.2 Å². The fourth-order valence-electron chi connectivity index (χ4n) is 1.98. The third-order valence-electron chi connectivity index (χ3n) is 3.11. The molecule has 1 amide bonds. The van der Waals surface area contributed by atoms with E-state index >= 15 is 0 Å². The second-order valence-electron chi connectivity index (χ2n) is 4.63. The highest BCUT2D eigenvalue weighted by atomic mass is 32.1. The molecule has 0 spiro atoms. The van der Waals surface area contributed by atoms with E-state index in [0.29, 0.717) is 24.1 Å². The summed E-state index contributed by atoms with van der Waals surface area (Å²) in [6.45, 7) is 2.77. The number of aromatic nitrogens is 2. The second kappa shape index (κ2) is 7.04. The van der Waals surface area contributed by atoms with Gasteiger partial charge >= 0.3 is 0 Å². The molecule has 1 aliphatic rings. The molecule has 8 nitrogen and oxygen atoms in total. The van der Waals surface area contributed by atoms with Crippen LogP contribution >= 0.6 is 11.3 Å². The van der Waals surface area contributed by atoms with Crippen molar-refractivity contribution in [2.45, 2.75) is 0 Å². The van der Waals surface area contributed by atoms with Gasteiger partial charge in [-0.3, -0.25) is 10.1 Å². The molecule has 1 N–H and O–H groups in total. The molecule has 1 saturated heterocycles. The highest BCUT2D eigenvalue weighted by Gasteiger charge is 2.18. The number of hydrogen-bond acceptors (Lipinski definition) is 8. The maximum atomic E-state index is 12.1. The van der Waals surface area contributed by atoms with Crippen LogP contribution in [0.4, 0.5) is 10.3 Å². The van der Waals surface area contributed by atoms with E-state index in [1.807, 2.05) is 11.0 Å². The van der Waals surface area contributed by atoms with Gasteiger partial charge in [-0.1, -0.05) is 11.3 Å². The number of anilines is 2. The standard InChI is InChI=1S/C14H13N5O3S/c15-9-10(8-11-2-1-5-22-11)12(20)16-13-17-18-14(23-13)19-3-6-21-7-4-19/h1-2,5,8H,3-4,6-7H2,(H,16,17,20)/b10-8-. The Morgan fingerprint density at radius 3 is 2.96 bits per heavy atom. The highest BCUT2D eigenvalue weighted by Crippen LogP contribution is 2.25. The molecule has 0 bridgehead atoms. The maximum absolute atomic E-state index is 12.1. The smallest absolute Gasteiger partial charge is 0.268 e. The first kappa shape index (κ1) is 15.2. The van der Waals surface area contributed by atoms with E-state index < -0.39 is 5.91 Å². The van der Waals surface area contributed by atoms with Gasteiger partial charge in [0.2, 0.25) is 10.3 Å². The van der Waals surface area contributed by atoms with Crippen molar-refractivity contribution >= 4 is 33.6 Å². The molecule has 3 heterocycles. The number of nitrogens with zero attached hydrogens (tertiary/aromatic N) is 4. The third-order valence-corrected chi connectivity index (χ3v) is 4.01. The Hall–Kier alpha value is -2.70. The molecule has 0 radical (unpaired) electrons. The average molecular weight is 331 g/mol. The Morgan fingerprint density at radius 1 is 1.43 bits per heavy atom. The van der Waals surface area contributed by atoms with Gasteiger partial charge in [0, 0.05) is 19.2 Å². The van der Waals surface area contributed by atoms with Gasteiger partial charge in [-0.05, 0) is 12.1 Å². The number of carbonyl (C=O) groups excluding carboxylic acids is 1. The van der Waals surface area contributed by atoms with Crippen LogP contribution in [-0.4, -0.2) is 42.4 Å². The van der Waals surface area contributed by atoms with Crippen LogP contribution in [0.1, 0.15) is 5.76 Å². The number of hydrogen-bond donors (Lipinski definition) is 1. The fraction of sp³-hybridized carbons (Fsp3) is 0.286. The van der Waals surface area contributed by atoms with Crippen molar-refractivity contribution in [2.75, 3.05) is 36.5 Å². The van der Waals surface area contributed by atoms with Gasteiger partial charge in [-0.25, -0.2) is 0 Å². The van der Waals surface area contributed by atoms with Gasteiger partial charge < -0.3 is 14.1 Å². The Balaban J connectivity index is 1.68. The topological polar surface area (TPSA) is 104 Å². The number of ether oxygens (including phenoxy) is 1. The Morgan fingerprint density at radius 2 is 2.26 bits per heavy atom. The minimum atomic E-state index is -0.548. The Kier molecular flexibility index (Phi) is 4.65. The Bertz CT molecular complexity index is 741. The van der Waals surface area contributed by atoms with E-state index in [2.05, 4.69) is 15.5 Å². The van der Waals surface area contributed by atoms with E-state index in [9.17, 15) is 4.79 Å². The summed E-state index contributed by atoms with van der Waals surface area (Å²) in [5.74, 6) is -0.114. The van der Waals surface area contributed by atoms with Gasteiger partial charge in [0.25, 0.3) is 5.91 Å². The lowest BCUT2D eigenvalue weighted by Gasteiger charge is -2.25. The van der Waals surface area contributed by atoms with Crippen LogP contribution in [0, 0.1) is 11.3 Å². The van der Waals surface area contributed by atoms with Gasteiger partial charge in [-0.2, -0.15) is 5.26 Å². The predicted octanol–water partition coefficient (Wildman–Crippen LogP) is 1.51. The van der Waals surface area contributed by atoms with Crippen molar-refractivity contribution < 1.29 is 13.9 Å². The van der Waals surface area contributed by atoms with Crippen LogP contribution in [0.5, 0.6) is 0 Å². The van der Waals surface area contributed by atoms with Crippen LogP contribution in [-0.2, 0) is 9.53 Å². The summed E-state index contributed by atoms with van der Waals surface area (Å²) in [5, 5.41) is 20.7. The number of morpholine rings is 1. The number of nitriles is 1. The summed E-state index contributed by atoms with van der Waals surface area (Å²) in [4.78, 5) is 14.2. The highest BCUT2D eigenvalue weighted by molar-refractivity contribution is 7.19. The molecule has 1 fully saturated rings. The molecular formula is C14H13N5O3S. The fourth-order valence-corrected chi connectivity index (χ4v) is 2.77. The summed E-state index contributed by atoms with van der Waals surface area (Å²) in [6, 6.07) is 5.19. The molecule has 1 aliphatic heterocycles. The van der Waals surface area contributed by atoms with Gasteiger partial charge in [0.1, 0.15) is 17.4 Å². The average Bonchev–Trinajstić information content (AvgIpc) is 3.25. The number of rotatable bonds is 4. The number of furan rings is 1. The lowest BCUT2D eigenvalue weighted by molar-refractivity contribution is -0.112. The van der Waals surface area contributed by atoms with E-state index in [1.165, 1.54) is 23.7 Å². The lowest BCUT2D eigenvalue weighted by atomic mass is 10.2. The Labute approximate surface area is 136 Å². The van der Waals surface area contributed by atoms with Crippen molar-refractivity contribution in [1.82, 2.24) is 10.2 Å². The molecule has 23 heavy (non-hydrogen) atoms. The normalized spacial score (nSPS) is 15.3. The van der Waals surface area contributed by atoms with Gasteiger partial charge in [-0.15, -0.1) is 10.2 Å². The zero-order valence-electron chi connectivity index (χ0n) is 12.1. The molecule has 2 aromatic heterocycles. The van der Waals surface area contributed by atoms with E-state index in [1.54, 1.807) is 12.1 Å². The van der Waals surface area contributed by atoms with E-state index in [4.69, 9.17) is 14.4 Å². The van der Waals surface area contributed by atoms with Crippen molar-refractivity contribution in [3.05, 3.63) is 29.7 Å². The molecular weight excluding hydrogens is 318 g/mol. The molecule has 2 aromatic rings. The number of amides is 1. The predicted molar refractivity (Wildman–Crippen MR) is 83.9 cm³/mol. The number of nitrogens with one attached hydrogen (secondary N) is 1. The minimum absolute atomic E-state index is 0.0666. The van der Waals surface area contributed by atoms with Crippen LogP contribution in [0.3, 0.4) is 0 Å². The molecule has 118 valence electrons. The molecule has 0 saturated carbocycles. The van der Waals surface area contributed by atoms with Crippen molar-refractivity contribution in [2.24, 2.45) is 0 Å². The summed E-state index contributed by atoms with van der Waals surface area (Å²) in [6.07, 6.45) is 2.84.